The maximum Gasteiger partial charge on any atom is 0.258 e. The van der Waals surface area contributed by atoms with E-state index < -0.39 is 6.04 Å². The van der Waals surface area contributed by atoms with Gasteiger partial charge >= 0.3 is 0 Å². The molecule has 0 spiro atoms. The minimum atomic E-state index is -0.400. The normalized spacial score (nSPS) is 21.0. The Kier molecular flexibility index (Phi) is 4.97. The van der Waals surface area contributed by atoms with Crippen LogP contribution in [0, 0.1) is 0 Å². The predicted octanol–water partition coefficient (Wildman–Crippen LogP) is 2.64. The molecule has 3 rings (SSSR count). The SMILES string of the molecule is O=C(N/N=C/c1ccco1)C1CC(c2ccc(Cl)c(Cl)c2)NN1. The van der Waals surface area contributed by atoms with Crippen molar-refractivity contribution >= 4 is 35.3 Å². The van der Waals surface area contributed by atoms with Gasteiger partial charge in [-0.1, -0.05) is 29.3 Å². The van der Waals surface area contributed by atoms with E-state index in [1.165, 1.54) is 12.5 Å². The van der Waals surface area contributed by atoms with Gasteiger partial charge in [-0.15, -0.1) is 0 Å². The van der Waals surface area contributed by atoms with Crippen molar-refractivity contribution in [3.05, 3.63) is 58.0 Å². The van der Waals surface area contributed by atoms with Gasteiger partial charge in [0.05, 0.1) is 22.5 Å². The number of benzene rings is 1. The minimum absolute atomic E-state index is 0.0328. The number of carbonyl (C=O) groups excluding carboxylic acids is 1. The summed E-state index contributed by atoms with van der Waals surface area (Å²) in [7, 11) is 0. The summed E-state index contributed by atoms with van der Waals surface area (Å²) < 4.78 is 5.08. The second kappa shape index (κ2) is 7.14. The molecule has 1 amide bonds. The summed E-state index contributed by atoms with van der Waals surface area (Å²) in [5.41, 5.74) is 9.45. The highest BCUT2D eigenvalue weighted by atomic mass is 35.5. The van der Waals surface area contributed by atoms with E-state index in [1.807, 2.05) is 6.07 Å². The number of hydrazine groups is 1. The summed E-state index contributed by atoms with van der Waals surface area (Å²) in [5.74, 6) is 0.333. The average molecular weight is 353 g/mol. The molecular weight excluding hydrogens is 339 g/mol. The first-order valence-corrected chi connectivity index (χ1v) is 7.71. The number of halogens is 2. The lowest BCUT2D eigenvalue weighted by Crippen LogP contribution is -2.41. The number of nitrogens with one attached hydrogen (secondary N) is 3. The number of rotatable bonds is 4. The van der Waals surface area contributed by atoms with Crippen molar-refractivity contribution in [2.75, 3.05) is 0 Å². The maximum absolute atomic E-state index is 12.1. The Labute approximate surface area is 142 Å². The molecule has 1 aliphatic rings. The van der Waals surface area contributed by atoms with E-state index in [0.717, 1.165) is 5.56 Å². The number of hydrazone groups is 1. The van der Waals surface area contributed by atoms with E-state index in [4.69, 9.17) is 27.6 Å². The third-order valence-electron chi connectivity index (χ3n) is 3.48. The van der Waals surface area contributed by atoms with Crippen LogP contribution in [-0.4, -0.2) is 18.2 Å². The highest BCUT2D eigenvalue weighted by Gasteiger charge is 2.30. The van der Waals surface area contributed by atoms with Crippen LogP contribution in [0.2, 0.25) is 10.0 Å². The third-order valence-corrected chi connectivity index (χ3v) is 4.21. The minimum Gasteiger partial charge on any atom is -0.463 e. The van der Waals surface area contributed by atoms with E-state index in [0.29, 0.717) is 22.2 Å². The van der Waals surface area contributed by atoms with E-state index >= 15 is 0 Å². The molecule has 0 bridgehead atoms. The molecule has 2 aromatic rings. The van der Waals surface area contributed by atoms with Gasteiger partial charge in [-0.3, -0.25) is 4.79 Å². The van der Waals surface area contributed by atoms with Gasteiger partial charge in [0, 0.05) is 6.04 Å². The monoisotopic (exact) mass is 352 g/mol. The molecule has 1 fully saturated rings. The number of furan rings is 1. The molecule has 23 heavy (non-hydrogen) atoms. The van der Waals surface area contributed by atoms with Crippen molar-refractivity contribution in [1.82, 2.24) is 16.3 Å². The molecule has 2 heterocycles. The molecule has 1 aromatic heterocycles. The van der Waals surface area contributed by atoms with Gasteiger partial charge in [0.2, 0.25) is 0 Å². The third kappa shape index (κ3) is 3.92. The lowest BCUT2D eigenvalue weighted by Gasteiger charge is -2.10. The molecule has 8 heteroatoms. The fourth-order valence-corrected chi connectivity index (χ4v) is 2.58. The van der Waals surface area contributed by atoms with Crippen LogP contribution in [0.15, 0.2) is 46.1 Å². The topological polar surface area (TPSA) is 78.7 Å². The van der Waals surface area contributed by atoms with Crippen LogP contribution >= 0.6 is 23.2 Å². The van der Waals surface area contributed by atoms with E-state index in [9.17, 15) is 4.79 Å². The standard InChI is InChI=1S/C15H14Cl2N4O2/c16-11-4-3-9(6-12(11)17)13-7-14(20-19-13)15(22)21-18-8-10-2-1-5-23-10/h1-6,8,13-14,19-20H,7H2,(H,21,22)/b18-8+. The number of carbonyl (C=O) groups is 1. The van der Waals surface area contributed by atoms with Crippen molar-refractivity contribution in [3.8, 4) is 0 Å². The largest absolute Gasteiger partial charge is 0.463 e. The van der Waals surface area contributed by atoms with Crippen LogP contribution in [0.3, 0.4) is 0 Å². The summed E-state index contributed by atoms with van der Waals surface area (Å²) in [6.45, 7) is 0. The fourth-order valence-electron chi connectivity index (χ4n) is 2.28. The van der Waals surface area contributed by atoms with Crippen molar-refractivity contribution in [1.29, 1.82) is 0 Å². The second-order valence-corrected chi connectivity index (χ2v) is 5.87. The molecule has 120 valence electrons. The summed E-state index contributed by atoms with van der Waals surface area (Å²) in [6, 6.07) is 8.46. The summed E-state index contributed by atoms with van der Waals surface area (Å²) in [5, 5.41) is 4.85. The van der Waals surface area contributed by atoms with Crippen molar-refractivity contribution in [2.24, 2.45) is 5.10 Å². The second-order valence-electron chi connectivity index (χ2n) is 5.05. The Morgan fingerprint density at radius 1 is 1.30 bits per heavy atom. The number of amides is 1. The van der Waals surface area contributed by atoms with Crippen LogP contribution < -0.4 is 16.3 Å². The molecule has 2 unspecified atom stereocenters. The number of hydrogen-bond donors (Lipinski definition) is 3. The van der Waals surface area contributed by atoms with Gasteiger partial charge in [-0.25, -0.2) is 16.3 Å². The zero-order chi connectivity index (χ0) is 16.2. The summed E-state index contributed by atoms with van der Waals surface area (Å²) in [4.78, 5) is 12.1. The Hall–Kier alpha value is -1.86. The lowest BCUT2D eigenvalue weighted by atomic mass is 10.0. The Morgan fingerprint density at radius 2 is 2.17 bits per heavy atom. The number of hydrogen-bond acceptors (Lipinski definition) is 5. The molecule has 1 aromatic carbocycles. The van der Waals surface area contributed by atoms with E-state index in [2.05, 4.69) is 21.4 Å². The lowest BCUT2D eigenvalue weighted by molar-refractivity contribution is -0.122. The van der Waals surface area contributed by atoms with Crippen molar-refractivity contribution < 1.29 is 9.21 Å². The Morgan fingerprint density at radius 3 is 2.91 bits per heavy atom. The maximum atomic E-state index is 12.1. The van der Waals surface area contributed by atoms with Crippen molar-refractivity contribution in [2.45, 2.75) is 18.5 Å². The van der Waals surface area contributed by atoms with Gasteiger partial charge in [-0.05, 0) is 36.2 Å². The van der Waals surface area contributed by atoms with Crippen LogP contribution in [0.4, 0.5) is 0 Å². The molecule has 0 aliphatic carbocycles. The molecular formula is C15H14Cl2N4O2. The van der Waals surface area contributed by atoms with Gasteiger partial charge < -0.3 is 4.42 Å². The predicted molar refractivity (Wildman–Crippen MR) is 88.3 cm³/mol. The molecule has 0 saturated carbocycles. The Bertz CT molecular complexity index is 718. The van der Waals surface area contributed by atoms with Crippen LogP contribution in [0.5, 0.6) is 0 Å². The molecule has 1 saturated heterocycles. The van der Waals surface area contributed by atoms with Gasteiger partial charge in [0.15, 0.2) is 0 Å². The first kappa shape index (κ1) is 16.0. The van der Waals surface area contributed by atoms with E-state index in [1.54, 1.807) is 24.3 Å². The van der Waals surface area contributed by atoms with Gasteiger partial charge in [-0.2, -0.15) is 5.10 Å². The molecule has 2 atom stereocenters. The molecule has 3 N–H and O–H groups in total. The van der Waals surface area contributed by atoms with Gasteiger partial charge in [0.1, 0.15) is 11.8 Å². The fraction of sp³-hybridized carbons (Fsp3) is 0.200. The molecule has 0 radical (unpaired) electrons. The quantitative estimate of drug-likeness (QED) is 0.583. The zero-order valence-corrected chi connectivity index (χ0v) is 13.4. The molecule has 6 nitrogen and oxygen atoms in total. The number of nitrogens with zero attached hydrogens (tertiary/aromatic N) is 1. The first-order chi connectivity index (χ1) is 11.1. The Balaban J connectivity index is 1.56. The average Bonchev–Trinajstić information content (AvgIpc) is 3.21. The van der Waals surface area contributed by atoms with Gasteiger partial charge in [0.25, 0.3) is 5.91 Å². The van der Waals surface area contributed by atoms with Crippen molar-refractivity contribution in [3.63, 3.8) is 0 Å². The van der Waals surface area contributed by atoms with Crippen LogP contribution in [0.25, 0.3) is 0 Å². The molecule has 1 aliphatic heterocycles. The smallest absolute Gasteiger partial charge is 0.258 e. The van der Waals surface area contributed by atoms with E-state index in [-0.39, 0.29) is 11.9 Å². The highest BCUT2D eigenvalue weighted by Crippen LogP contribution is 2.28. The van der Waals surface area contributed by atoms with Crippen LogP contribution in [0.1, 0.15) is 23.8 Å². The zero-order valence-electron chi connectivity index (χ0n) is 11.9. The highest BCUT2D eigenvalue weighted by molar-refractivity contribution is 6.42. The summed E-state index contributed by atoms with van der Waals surface area (Å²) in [6.07, 6.45) is 3.55. The van der Waals surface area contributed by atoms with Crippen LogP contribution in [-0.2, 0) is 4.79 Å². The summed E-state index contributed by atoms with van der Waals surface area (Å²) >= 11 is 11.9. The first-order valence-electron chi connectivity index (χ1n) is 6.96.